The SMILES string of the molecule is Cc1ccc(-n2cc(O)[nH]c2=O)cc1. The van der Waals surface area contributed by atoms with Crippen LogP contribution in [0.4, 0.5) is 0 Å². The van der Waals surface area contributed by atoms with Crippen molar-refractivity contribution in [1.82, 2.24) is 9.55 Å². The molecule has 0 bridgehead atoms. The van der Waals surface area contributed by atoms with Crippen molar-refractivity contribution in [2.75, 3.05) is 0 Å². The van der Waals surface area contributed by atoms with E-state index in [1.54, 1.807) is 0 Å². The second kappa shape index (κ2) is 3.06. The summed E-state index contributed by atoms with van der Waals surface area (Å²) in [7, 11) is 0. The van der Waals surface area contributed by atoms with Crippen LogP contribution < -0.4 is 5.69 Å². The summed E-state index contributed by atoms with van der Waals surface area (Å²) in [6.07, 6.45) is 1.35. The summed E-state index contributed by atoms with van der Waals surface area (Å²) in [6, 6.07) is 7.46. The summed E-state index contributed by atoms with van der Waals surface area (Å²) in [5, 5.41) is 9.07. The lowest BCUT2D eigenvalue weighted by Crippen LogP contribution is -2.13. The van der Waals surface area contributed by atoms with Crippen LogP contribution in [-0.4, -0.2) is 14.7 Å². The molecule has 1 aromatic carbocycles. The first kappa shape index (κ1) is 8.62. The van der Waals surface area contributed by atoms with E-state index in [4.69, 9.17) is 5.11 Å². The van der Waals surface area contributed by atoms with Gasteiger partial charge in [-0.15, -0.1) is 0 Å². The zero-order valence-electron chi connectivity index (χ0n) is 7.69. The van der Waals surface area contributed by atoms with Crippen LogP contribution in [0.1, 0.15) is 5.56 Å². The summed E-state index contributed by atoms with van der Waals surface area (Å²) in [4.78, 5) is 13.6. The van der Waals surface area contributed by atoms with Gasteiger partial charge < -0.3 is 5.11 Å². The lowest BCUT2D eigenvalue weighted by atomic mass is 10.2. The minimum atomic E-state index is -0.341. The number of nitrogens with one attached hydrogen (secondary N) is 1. The van der Waals surface area contributed by atoms with Crippen molar-refractivity contribution < 1.29 is 5.11 Å². The van der Waals surface area contributed by atoms with Gasteiger partial charge in [0.2, 0.25) is 5.88 Å². The summed E-state index contributed by atoms with van der Waals surface area (Å²) < 4.78 is 1.36. The van der Waals surface area contributed by atoms with E-state index in [9.17, 15) is 4.79 Å². The molecule has 0 aliphatic rings. The Kier molecular flexibility index (Phi) is 1.89. The van der Waals surface area contributed by atoms with Crippen molar-refractivity contribution >= 4 is 0 Å². The molecule has 0 aliphatic carbocycles. The van der Waals surface area contributed by atoms with E-state index in [1.807, 2.05) is 31.2 Å². The van der Waals surface area contributed by atoms with Crippen LogP contribution in [0.5, 0.6) is 5.88 Å². The Morgan fingerprint density at radius 3 is 2.43 bits per heavy atom. The maximum atomic E-state index is 11.3. The van der Waals surface area contributed by atoms with Crippen LogP contribution in [-0.2, 0) is 0 Å². The normalized spacial score (nSPS) is 10.4. The molecule has 4 nitrogen and oxygen atoms in total. The number of hydrogen-bond donors (Lipinski definition) is 2. The average Bonchev–Trinajstić information content (AvgIpc) is 2.47. The topological polar surface area (TPSA) is 58.0 Å². The van der Waals surface area contributed by atoms with Gasteiger partial charge in [0.05, 0.1) is 11.9 Å². The van der Waals surface area contributed by atoms with E-state index in [-0.39, 0.29) is 11.6 Å². The van der Waals surface area contributed by atoms with Gasteiger partial charge in [-0.3, -0.25) is 9.55 Å². The summed E-state index contributed by atoms with van der Waals surface area (Å²) >= 11 is 0. The molecule has 0 radical (unpaired) electrons. The minimum Gasteiger partial charge on any atom is -0.493 e. The summed E-state index contributed by atoms with van der Waals surface area (Å²) in [5.74, 6) is -0.129. The lowest BCUT2D eigenvalue weighted by molar-refractivity contribution is 0.455. The van der Waals surface area contributed by atoms with Crippen LogP contribution in [0, 0.1) is 6.92 Å². The van der Waals surface area contributed by atoms with E-state index in [0.717, 1.165) is 11.3 Å². The fourth-order valence-corrected chi connectivity index (χ4v) is 1.28. The second-order valence-corrected chi connectivity index (χ2v) is 3.15. The van der Waals surface area contributed by atoms with Crippen LogP contribution in [0.25, 0.3) is 5.69 Å². The third-order valence-corrected chi connectivity index (χ3v) is 2.02. The molecule has 0 saturated heterocycles. The fourth-order valence-electron chi connectivity index (χ4n) is 1.28. The Labute approximate surface area is 80.4 Å². The van der Waals surface area contributed by atoms with Gasteiger partial charge >= 0.3 is 5.69 Å². The second-order valence-electron chi connectivity index (χ2n) is 3.15. The van der Waals surface area contributed by atoms with Crippen molar-refractivity contribution in [3.63, 3.8) is 0 Å². The molecule has 0 aliphatic heterocycles. The lowest BCUT2D eigenvalue weighted by Gasteiger charge is -1.99. The molecule has 4 heteroatoms. The van der Waals surface area contributed by atoms with Crippen molar-refractivity contribution in [3.8, 4) is 11.6 Å². The summed E-state index contributed by atoms with van der Waals surface area (Å²) in [5.41, 5.74) is 1.52. The highest BCUT2D eigenvalue weighted by atomic mass is 16.3. The number of aromatic amines is 1. The molecule has 72 valence electrons. The van der Waals surface area contributed by atoms with Gasteiger partial charge in [-0.2, -0.15) is 0 Å². The Bertz CT molecular complexity index is 494. The number of aromatic hydroxyl groups is 1. The zero-order valence-corrected chi connectivity index (χ0v) is 7.69. The maximum absolute atomic E-state index is 11.3. The van der Waals surface area contributed by atoms with Gasteiger partial charge in [0, 0.05) is 0 Å². The van der Waals surface area contributed by atoms with E-state index in [2.05, 4.69) is 4.98 Å². The zero-order chi connectivity index (χ0) is 10.1. The molecule has 2 aromatic rings. The largest absolute Gasteiger partial charge is 0.493 e. The molecular weight excluding hydrogens is 180 g/mol. The molecule has 0 saturated carbocycles. The van der Waals surface area contributed by atoms with E-state index >= 15 is 0 Å². The van der Waals surface area contributed by atoms with Gasteiger partial charge in [0.1, 0.15) is 0 Å². The standard InChI is InChI=1S/C10H10N2O2/c1-7-2-4-8(5-3-7)12-6-9(13)11-10(12)14/h2-6,13H,1H3,(H,11,14). The predicted molar refractivity (Wildman–Crippen MR) is 52.8 cm³/mol. The molecule has 0 fully saturated rings. The van der Waals surface area contributed by atoms with Crippen molar-refractivity contribution in [2.45, 2.75) is 6.92 Å². The summed E-state index contributed by atoms with van der Waals surface area (Å²) in [6.45, 7) is 1.97. The molecule has 0 atom stereocenters. The van der Waals surface area contributed by atoms with E-state index in [0.29, 0.717) is 0 Å². The molecule has 2 rings (SSSR count). The first-order chi connectivity index (χ1) is 6.66. The monoisotopic (exact) mass is 190 g/mol. The molecular formula is C10H10N2O2. The number of imidazole rings is 1. The molecule has 0 unspecified atom stereocenters. The number of aryl methyl sites for hydroxylation is 1. The highest BCUT2D eigenvalue weighted by Crippen LogP contribution is 2.09. The minimum absolute atomic E-state index is 0.129. The predicted octanol–water partition coefficient (Wildman–Crippen LogP) is 1.18. The van der Waals surface area contributed by atoms with Gasteiger partial charge in [-0.05, 0) is 19.1 Å². The van der Waals surface area contributed by atoms with Crippen LogP contribution in [0.15, 0.2) is 35.3 Å². The molecule has 0 spiro atoms. The Morgan fingerprint density at radius 2 is 1.93 bits per heavy atom. The van der Waals surface area contributed by atoms with Gasteiger partial charge in [-0.1, -0.05) is 17.7 Å². The van der Waals surface area contributed by atoms with Crippen molar-refractivity contribution in [3.05, 3.63) is 46.5 Å². The maximum Gasteiger partial charge on any atom is 0.332 e. The number of nitrogens with zero attached hydrogens (tertiary/aromatic N) is 1. The van der Waals surface area contributed by atoms with E-state index < -0.39 is 0 Å². The smallest absolute Gasteiger partial charge is 0.332 e. The third-order valence-electron chi connectivity index (χ3n) is 2.02. The van der Waals surface area contributed by atoms with Crippen LogP contribution >= 0.6 is 0 Å². The fraction of sp³-hybridized carbons (Fsp3) is 0.100. The van der Waals surface area contributed by atoms with E-state index in [1.165, 1.54) is 10.8 Å². The first-order valence-corrected chi connectivity index (χ1v) is 4.24. The number of rotatable bonds is 1. The Hall–Kier alpha value is -1.97. The average molecular weight is 190 g/mol. The van der Waals surface area contributed by atoms with Gasteiger partial charge in [-0.25, -0.2) is 4.79 Å². The van der Waals surface area contributed by atoms with Gasteiger partial charge in [0.15, 0.2) is 0 Å². The molecule has 14 heavy (non-hydrogen) atoms. The number of aromatic nitrogens is 2. The molecule has 1 aromatic heterocycles. The molecule has 1 heterocycles. The highest BCUT2D eigenvalue weighted by Gasteiger charge is 2.02. The Morgan fingerprint density at radius 1 is 1.29 bits per heavy atom. The first-order valence-electron chi connectivity index (χ1n) is 4.24. The number of hydrogen-bond acceptors (Lipinski definition) is 2. The molecule has 2 N–H and O–H groups in total. The van der Waals surface area contributed by atoms with Crippen LogP contribution in [0.3, 0.4) is 0 Å². The van der Waals surface area contributed by atoms with Gasteiger partial charge in [0.25, 0.3) is 0 Å². The van der Waals surface area contributed by atoms with Crippen molar-refractivity contribution in [1.29, 1.82) is 0 Å². The van der Waals surface area contributed by atoms with Crippen LogP contribution in [0.2, 0.25) is 0 Å². The third kappa shape index (κ3) is 1.42. The quantitative estimate of drug-likeness (QED) is 0.709. The highest BCUT2D eigenvalue weighted by molar-refractivity contribution is 5.35. The van der Waals surface area contributed by atoms with Crippen molar-refractivity contribution in [2.24, 2.45) is 0 Å². The number of benzene rings is 1. The molecule has 0 amide bonds. The number of H-pyrrole nitrogens is 1. The Balaban J connectivity index is 2.54.